The highest BCUT2D eigenvalue weighted by Crippen LogP contribution is 2.33. The summed E-state index contributed by atoms with van der Waals surface area (Å²) >= 11 is 0. The standard InChI is InChI=1S/C19H14F3N3O2/c20-12-4-1-3-11(9-12)19(26)25-8-2-5-16(25)18-23-17(24-27-18)14-7-6-13(21)10-15(14)22/h1,3-4,6-7,9-10,16H,2,5,8H2/t16-/m1/s1. The average Bonchev–Trinajstić information content (AvgIpc) is 3.30. The van der Waals surface area contributed by atoms with Crippen molar-refractivity contribution in [1.82, 2.24) is 15.0 Å². The third kappa shape index (κ3) is 3.30. The maximum absolute atomic E-state index is 13.9. The molecule has 5 nitrogen and oxygen atoms in total. The molecule has 27 heavy (non-hydrogen) atoms. The van der Waals surface area contributed by atoms with Crippen LogP contribution in [0.5, 0.6) is 0 Å². The third-order valence-electron chi connectivity index (χ3n) is 4.48. The van der Waals surface area contributed by atoms with Gasteiger partial charge in [-0.25, -0.2) is 13.2 Å². The molecule has 0 aliphatic carbocycles. The minimum absolute atomic E-state index is 0.00686. The van der Waals surface area contributed by atoms with Gasteiger partial charge in [-0.15, -0.1) is 0 Å². The molecule has 8 heteroatoms. The van der Waals surface area contributed by atoms with Crippen molar-refractivity contribution in [3.8, 4) is 11.4 Å². The Morgan fingerprint density at radius 2 is 1.93 bits per heavy atom. The van der Waals surface area contributed by atoms with E-state index in [-0.39, 0.29) is 28.7 Å². The second kappa shape index (κ2) is 6.86. The van der Waals surface area contributed by atoms with Crippen LogP contribution in [-0.4, -0.2) is 27.5 Å². The molecule has 0 bridgehead atoms. The lowest BCUT2D eigenvalue weighted by Gasteiger charge is -2.21. The molecule has 0 saturated carbocycles. The molecular weight excluding hydrogens is 359 g/mol. The van der Waals surface area contributed by atoms with Crippen LogP contribution in [0.3, 0.4) is 0 Å². The van der Waals surface area contributed by atoms with Crippen molar-refractivity contribution in [2.24, 2.45) is 0 Å². The van der Waals surface area contributed by atoms with Crippen LogP contribution >= 0.6 is 0 Å². The van der Waals surface area contributed by atoms with E-state index in [4.69, 9.17) is 4.52 Å². The van der Waals surface area contributed by atoms with Crippen molar-refractivity contribution in [2.75, 3.05) is 6.54 Å². The molecule has 1 aliphatic rings. The summed E-state index contributed by atoms with van der Waals surface area (Å²) in [7, 11) is 0. The Bertz CT molecular complexity index is 1010. The topological polar surface area (TPSA) is 59.2 Å². The summed E-state index contributed by atoms with van der Waals surface area (Å²) in [6.07, 6.45) is 1.31. The highest BCUT2D eigenvalue weighted by atomic mass is 19.1. The summed E-state index contributed by atoms with van der Waals surface area (Å²) in [6.45, 7) is 0.461. The Morgan fingerprint density at radius 3 is 2.70 bits per heavy atom. The van der Waals surface area contributed by atoms with Gasteiger partial charge in [0, 0.05) is 18.2 Å². The van der Waals surface area contributed by atoms with E-state index >= 15 is 0 Å². The molecule has 2 aromatic carbocycles. The first-order valence-electron chi connectivity index (χ1n) is 8.38. The Morgan fingerprint density at radius 1 is 1.11 bits per heavy atom. The smallest absolute Gasteiger partial charge is 0.254 e. The molecule has 1 saturated heterocycles. The van der Waals surface area contributed by atoms with Crippen LogP contribution in [0.25, 0.3) is 11.4 Å². The number of rotatable bonds is 3. The van der Waals surface area contributed by atoms with Gasteiger partial charge in [0.25, 0.3) is 5.91 Å². The maximum atomic E-state index is 13.9. The van der Waals surface area contributed by atoms with E-state index in [1.54, 1.807) is 0 Å². The average molecular weight is 373 g/mol. The lowest BCUT2D eigenvalue weighted by Crippen LogP contribution is -2.30. The van der Waals surface area contributed by atoms with Crippen LogP contribution in [0.4, 0.5) is 13.2 Å². The lowest BCUT2D eigenvalue weighted by molar-refractivity contribution is 0.0709. The van der Waals surface area contributed by atoms with Gasteiger partial charge in [-0.3, -0.25) is 4.79 Å². The number of amides is 1. The Balaban J connectivity index is 1.61. The largest absolute Gasteiger partial charge is 0.337 e. The molecule has 1 aliphatic heterocycles. The van der Waals surface area contributed by atoms with Gasteiger partial charge in [-0.2, -0.15) is 4.98 Å². The van der Waals surface area contributed by atoms with Crippen molar-refractivity contribution in [3.05, 3.63) is 71.4 Å². The second-order valence-electron chi connectivity index (χ2n) is 6.25. The van der Waals surface area contributed by atoms with Gasteiger partial charge in [-0.1, -0.05) is 11.2 Å². The fourth-order valence-corrected chi connectivity index (χ4v) is 3.20. The second-order valence-corrected chi connectivity index (χ2v) is 6.25. The summed E-state index contributed by atoms with van der Waals surface area (Å²) in [6, 6.07) is 8.02. The Kier molecular flexibility index (Phi) is 4.39. The number of carbonyl (C=O) groups is 1. The number of halogens is 3. The molecule has 138 valence electrons. The summed E-state index contributed by atoms with van der Waals surface area (Å²) < 4.78 is 45.7. The summed E-state index contributed by atoms with van der Waals surface area (Å²) in [4.78, 5) is 18.4. The minimum atomic E-state index is -0.804. The third-order valence-corrected chi connectivity index (χ3v) is 4.48. The number of benzene rings is 2. The molecule has 1 aromatic heterocycles. The Labute approximate surface area is 152 Å². The van der Waals surface area contributed by atoms with E-state index in [0.29, 0.717) is 19.4 Å². The van der Waals surface area contributed by atoms with Crippen LogP contribution in [-0.2, 0) is 0 Å². The predicted octanol–water partition coefficient (Wildman–Crippen LogP) is 4.13. The SMILES string of the molecule is O=C(c1cccc(F)c1)N1CCC[C@@H]1c1nc(-c2ccc(F)cc2F)no1. The molecule has 3 aromatic rings. The van der Waals surface area contributed by atoms with E-state index in [9.17, 15) is 18.0 Å². The molecule has 0 N–H and O–H groups in total. The fraction of sp³-hybridized carbons (Fsp3) is 0.211. The normalized spacial score (nSPS) is 16.7. The first kappa shape index (κ1) is 17.3. The van der Waals surface area contributed by atoms with Crippen LogP contribution in [0.2, 0.25) is 0 Å². The molecule has 1 atom stereocenters. The van der Waals surface area contributed by atoms with Gasteiger partial charge >= 0.3 is 0 Å². The zero-order valence-corrected chi connectivity index (χ0v) is 14.0. The van der Waals surface area contributed by atoms with Gasteiger partial charge in [0.15, 0.2) is 0 Å². The molecule has 0 unspecified atom stereocenters. The number of likely N-dealkylation sites (tertiary alicyclic amines) is 1. The monoisotopic (exact) mass is 373 g/mol. The highest BCUT2D eigenvalue weighted by Gasteiger charge is 2.35. The molecule has 1 fully saturated rings. The van der Waals surface area contributed by atoms with E-state index < -0.39 is 23.5 Å². The molecule has 2 heterocycles. The molecule has 4 rings (SSSR count). The zero-order chi connectivity index (χ0) is 19.0. The van der Waals surface area contributed by atoms with Crippen molar-refractivity contribution < 1.29 is 22.5 Å². The number of hydrogen-bond donors (Lipinski definition) is 0. The highest BCUT2D eigenvalue weighted by molar-refractivity contribution is 5.94. The minimum Gasteiger partial charge on any atom is -0.337 e. The first-order chi connectivity index (χ1) is 13.0. The van der Waals surface area contributed by atoms with Gasteiger partial charge in [0.1, 0.15) is 23.5 Å². The molecular formula is C19H14F3N3O2. The number of aromatic nitrogens is 2. The fourth-order valence-electron chi connectivity index (χ4n) is 3.20. The number of carbonyl (C=O) groups excluding carboxylic acids is 1. The van der Waals surface area contributed by atoms with Crippen molar-refractivity contribution in [1.29, 1.82) is 0 Å². The van der Waals surface area contributed by atoms with Crippen molar-refractivity contribution in [3.63, 3.8) is 0 Å². The predicted molar refractivity (Wildman–Crippen MR) is 89.1 cm³/mol. The summed E-state index contributed by atoms with van der Waals surface area (Å²) in [5, 5.41) is 3.76. The van der Waals surface area contributed by atoms with Gasteiger partial charge < -0.3 is 9.42 Å². The molecule has 0 radical (unpaired) electrons. The van der Waals surface area contributed by atoms with E-state index in [2.05, 4.69) is 10.1 Å². The van der Waals surface area contributed by atoms with Gasteiger partial charge in [0.05, 0.1) is 5.56 Å². The summed E-state index contributed by atoms with van der Waals surface area (Å²) in [5.41, 5.74) is 0.235. The maximum Gasteiger partial charge on any atom is 0.254 e. The number of nitrogens with zero attached hydrogens (tertiary/aromatic N) is 3. The van der Waals surface area contributed by atoms with Crippen LogP contribution in [0, 0.1) is 17.5 Å². The van der Waals surface area contributed by atoms with Crippen molar-refractivity contribution in [2.45, 2.75) is 18.9 Å². The van der Waals surface area contributed by atoms with E-state index in [0.717, 1.165) is 12.1 Å². The van der Waals surface area contributed by atoms with Crippen molar-refractivity contribution >= 4 is 5.91 Å². The van der Waals surface area contributed by atoms with Gasteiger partial charge in [-0.05, 0) is 43.2 Å². The quantitative estimate of drug-likeness (QED) is 0.693. The zero-order valence-electron chi connectivity index (χ0n) is 14.0. The van der Waals surface area contributed by atoms with E-state index in [1.807, 2.05) is 0 Å². The van der Waals surface area contributed by atoms with Crippen LogP contribution in [0.1, 0.15) is 35.1 Å². The lowest BCUT2D eigenvalue weighted by atomic mass is 10.1. The molecule has 0 spiro atoms. The van der Waals surface area contributed by atoms with E-state index in [1.165, 1.54) is 35.2 Å². The first-order valence-corrected chi connectivity index (χ1v) is 8.38. The Hall–Kier alpha value is -3.16. The number of hydrogen-bond acceptors (Lipinski definition) is 4. The van der Waals surface area contributed by atoms with Gasteiger partial charge in [0.2, 0.25) is 11.7 Å². The van der Waals surface area contributed by atoms with Crippen LogP contribution < -0.4 is 0 Å². The van der Waals surface area contributed by atoms with Crippen LogP contribution in [0.15, 0.2) is 47.0 Å². The summed E-state index contributed by atoms with van der Waals surface area (Å²) in [5.74, 6) is -2.21. The molecule has 1 amide bonds.